The van der Waals surface area contributed by atoms with Gasteiger partial charge >= 0.3 is 5.97 Å². The number of carboxylic acids is 1. The molecule has 1 aromatic heterocycles. The molecule has 0 amide bonds. The van der Waals surface area contributed by atoms with Crippen LogP contribution in [0.2, 0.25) is 0 Å². The first-order valence-corrected chi connectivity index (χ1v) is 8.03. The second kappa shape index (κ2) is 6.41. The van der Waals surface area contributed by atoms with E-state index in [0.29, 0.717) is 5.92 Å². The molecule has 1 atom stereocenters. The summed E-state index contributed by atoms with van der Waals surface area (Å²) in [4.78, 5) is 10.9. The monoisotopic (exact) mass is 302 g/mol. The SMILES string of the molecule is CC(C)CCC(C)NS(=O)(=O)c1cc(C(=O)O)n(C)c1. The van der Waals surface area contributed by atoms with E-state index in [1.165, 1.54) is 23.9 Å². The van der Waals surface area contributed by atoms with Gasteiger partial charge in [-0.25, -0.2) is 17.9 Å². The number of sulfonamides is 1. The molecule has 1 aromatic rings. The van der Waals surface area contributed by atoms with E-state index in [0.717, 1.165) is 12.8 Å². The van der Waals surface area contributed by atoms with Crippen molar-refractivity contribution in [2.24, 2.45) is 13.0 Å². The molecule has 7 heteroatoms. The van der Waals surface area contributed by atoms with Crippen LogP contribution in [0.1, 0.15) is 44.1 Å². The Morgan fingerprint density at radius 3 is 2.40 bits per heavy atom. The van der Waals surface area contributed by atoms with Crippen molar-refractivity contribution in [2.45, 2.75) is 44.6 Å². The van der Waals surface area contributed by atoms with Gasteiger partial charge in [0.05, 0.1) is 0 Å². The second-order valence-corrected chi connectivity index (χ2v) is 7.18. The van der Waals surface area contributed by atoms with Gasteiger partial charge in [0.25, 0.3) is 0 Å². The van der Waals surface area contributed by atoms with E-state index < -0.39 is 16.0 Å². The molecule has 0 fully saturated rings. The standard InChI is InChI=1S/C13H22N2O4S/c1-9(2)5-6-10(3)14-20(18,19)11-7-12(13(16)17)15(4)8-11/h7-10,14H,5-6H2,1-4H3,(H,16,17). The summed E-state index contributed by atoms with van der Waals surface area (Å²) >= 11 is 0. The van der Waals surface area contributed by atoms with Crippen molar-refractivity contribution >= 4 is 16.0 Å². The number of aromatic carboxylic acids is 1. The van der Waals surface area contributed by atoms with Gasteiger partial charge in [0.2, 0.25) is 10.0 Å². The molecule has 6 nitrogen and oxygen atoms in total. The highest BCUT2D eigenvalue weighted by molar-refractivity contribution is 7.89. The maximum Gasteiger partial charge on any atom is 0.352 e. The van der Waals surface area contributed by atoms with Crippen LogP contribution in [0.25, 0.3) is 0 Å². The van der Waals surface area contributed by atoms with Gasteiger partial charge in [0.15, 0.2) is 0 Å². The Morgan fingerprint density at radius 1 is 1.35 bits per heavy atom. The maximum atomic E-state index is 12.2. The van der Waals surface area contributed by atoms with E-state index in [9.17, 15) is 13.2 Å². The molecule has 1 rings (SSSR count). The summed E-state index contributed by atoms with van der Waals surface area (Å²) in [6.45, 7) is 5.97. The molecule has 2 N–H and O–H groups in total. The number of aryl methyl sites for hydroxylation is 1. The van der Waals surface area contributed by atoms with Gasteiger partial charge in [-0.15, -0.1) is 0 Å². The number of nitrogens with one attached hydrogen (secondary N) is 1. The summed E-state index contributed by atoms with van der Waals surface area (Å²) in [6.07, 6.45) is 2.98. The molecule has 0 bridgehead atoms. The zero-order valence-electron chi connectivity index (χ0n) is 12.3. The summed E-state index contributed by atoms with van der Waals surface area (Å²) in [7, 11) is -2.17. The number of rotatable bonds is 7. The predicted molar refractivity (Wildman–Crippen MR) is 76.2 cm³/mol. The van der Waals surface area contributed by atoms with Crippen LogP contribution < -0.4 is 4.72 Å². The van der Waals surface area contributed by atoms with Crippen LogP contribution in [-0.2, 0) is 17.1 Å². The lowest BCUT2D eigenvalue weighted by atomic mass is 10.1. The highest BCUT2D eigenvalue weighted by Gasteiger charge is 2.22. The van der Waals surface area contributed by atoms with Crippen LogP contribution in [0, 0.1) is 5.92 Å². The van der Waals surface area contributed by atoms with Crippen molar-refractivity contribution in [3.8, 4) is 0 Å². The molecule has 0 aliphatic carbocycles. The molecule has 20 heavy (non-hydrogen) atoms. The molecule has 1 unspecified atom stereocenters. The summed E-state index contributed by atoms with van der Waals surface area (Å²) in [6, 6.07) is 0.982. The highest BCUT2D eigenvalue weighted by Crippen LogP contribution is 2.15. The fourth-order valence-electron chi connectivity index (χ4n) is 1.87. The van der Waals surface area contributed by atoms with Crippen LogP contribution in [0.15, 0.2) is 17.2 Å². The van der Waals surface area contributed by atoms with Gasteiger partial charge in [-0.3, -0.25) is 0 Å². The topological polar surface area (TPSA) is 88.4 Å². The molecular formula is C13H22N2O4S. The average molecular weight is 302 g/mol. The third kappa shape index (κ3) is 4.35. The molecule has 114 valence electrons. The minimum atomic E-state index is -3.68. The number of aromatic nitrogens is 1. The minimum Gasteiger partial charge on any atom is -0.477 e. The molecule has 0 spiro atoms. The third-order valence-corrected chi connectivity index (χ3v) is 4.60. The summed E-state index contributed by atoms with van der Waals surface area (Å²) in [5.41, 5.74) is -0.0554. The van der Waals surface area contributed by atoms with Crippen LogP contribution in [0.4, 0.5) is 0 Å². The number of carbonyl (C=O) groups is 1. The van der Waals surface area contributed by atoms with Gasteiger partial charge in [0, 0.05) is 19.3 Å². The Balaban J connectivity index is 2.83. The van der Waals surface area contributed by atoms with Crippen molar-refractivity contribution in [1.82, 2.24) is 9.29 Å². The van der Waals surface area contributed by atoms with Crippen molar-refractivity contribution in [2.75, 3.05) is 0 Å². The van der Waals surface area contributed by atoms with Crippen LogP contribution in [-0.4, -0.2) is 30.1 Å². The van der Waals surface area contributed by atoms with E-state index in [1.807, 2.05) is 0 Å². The average Bonchev–Trinajstić information content (AvgIpc) is 2.69. The number of hydrogen-bond acceptors (Lipinski definition) is 3. The Bertz CT molecular complexity index is 575. The number of hydrogen-bond donors (Lipinski definition) is 2. The number of nitrogens with zero attached hydrogens (tertiary/aromatic N) is 1. The van der Waals surface area contributed by atoms with Gasteiger partial charge < -0.3 is 9.67 Å². The van der Waals surface area contributed by atoms with E-state index in [2.05, 4.69) is 18.6 Å². The van der Waals surface area contributed by atoms with Crippen molar-refractivity contribution in [3.05, 3.63) is 18.0 Å². The lowest BCUT2D eigenvalue weighted by molar-refractivity contribution is 0.0686. The maximum absolute atomic E-state index is 12.2. The quantitative estimate of drug-likeness (QED) is 0.804. The van der Waals surface area contributed by atoms with Crippen molar-refractivity contribution in [3.63, 3.8) is 0 Å². The van der Waals surface area contributed by atoms with E-state index in [1.54, 1.807) is 6.92 Å². The van der Waals surface area contributed by atoms with Gasteiger partial charge in [-0.2, -0.15) is 0 Å². The summed E-state index contributed by atoms with van der Waals surface area (Å²) < 4.78 is 28.2. The van der Waals surface area contributed by atoms with Crippen molar-refractivity contribution < 1.29 is 18.3 Å². The van der Waals surface area contributed by atoms with E-state index in [-0.39, 0.29) is 16.6 Å². The smallest absolute Gasteiger partial charge is 0.352 e. The Morgan fingerprint density at radius 2 is 1.95 bits per heavy atom. The normalized spacial score (nSPS) is 13.7. The Labute approximate surface area is 119 Å². The predicted octanol–water partition coefficient (Wildman–Crippen LogP) is 1.83. The first-order valence-electron chi connectivity index (χ1n) is 6.55. The third-order valence-electron chi connectivity index (χ3n) is 3.04. The fraction of sp³-hybridized carbons (Fsp3) is 0.615. The molecule has 0 radical (unpaired) electrons. The lowest BCUT2D eigenvalue weighted by Gasteiger charge is -2.14. The minimum absolute atomic E-state index is 0.0196. The Hall–Kier alpha value is -1.34. The molecule has 1 heterocycles. The number of carboxylic acid groups (broad SMARTS) is 1. The lowest BCUT2D eigenvalue weighted by Crippen LogP contribution is -2.32. The van der Waals surface area contributed by atoms with Gasteiger partial charge in [-0.1, -0.05) is 13.8 Å². The van der Waals surface area contributed by atoms with E-state index in [4.69, 9.17) is 5.11 Å². The van der Waals surface area contributed by atoms with Crippen LogP contribution >= 0.6 is 0 Å². The molecule has 0 aliphatic heterocycles. The Kier molecular flexibility index (Phi) is 5.35. The highest BCUT2D eigenvalue weighted by atomic mass is 32.2. The fourth-order valence-corrected chi connectivity index (χ4v) is 3.22. The summed E-state index contributed by atoms with van der Waals surface area (Å²) in [5.74, 6) is -0.640. The first kappa shape index (κ1) is 16.7. The molecule has 0 aromatic carbocycles. The molecule has 0 saturated heterocycles. The second-order valence-electron chi connectivity index (χ2n) is 5.47. The zero-order chi connectivity index (χ0) is 15.5. The van der Waals surface area contributed by atoms with Crippen molar-refractivity contribution in [1.29, 1.82) is 0 Å². The van der Waals surface area contributed by atoms with Gasteiger partial charge in [-0.05, 0) is 31.7 Å². The van der Waals surface area contributed by atoms with Gasteiger partial charge in [0.1, 0.15) is 10.6 Å². The van der Waals surface area contributed by atoms with Crippen LogP contribution in [0.3, 0.4) is 0 Å². The largest absolute Gasteiger partial charge is 0.477 e. The first-order chi connectivity index (χ1) is 9.13. The van der Waals surface area contributed by atoms with E-state index >= 15 is 0 Å². The molecule has 0 aliphatic rings. The molecule has 0 saturated carbocycles. The summed E-state index contributed by atoms with van der Waals surface area (Å²) in [5, 5.41) is 8.94. The molecular weight excluding hydrogens is 280 g/mol. The zero-order valence-corrected chi connectivity index (χ0v) is 13.1. The van der Waals surface area contributed by atoms with Crippen LogP contribution in [0.5, 0.6) is 0 Å².